The summed E-state index contributed by atoms with van der Waals surface area (Å²) in [6.45, 7) is 3.93. The zero-order valence-electron chi connectivity index (χ0n) is 12.7. The van der Waals surface area contributed by atoms with Gasteiger partial charge in [0.2, 0.25) is 0 Å². The number of amides is 1. The molecule has 0 aliphatic carbocycles. The molecule has 0 unspecified atom stereocenters. The van der Waals surface area contributed by atoms with Crippen LogP contribution >= 0.6 is 22.7 Å². The van der Waals surface area contributed by atoms with Crippen LogP contribution in [-0.4, -0.2) is 42.8 Å². The van der Waals surface area contributed by atoms with Gasteiger partial charge in [-0.05, 0) is 60.0 Å². The molecule has 6 rings (SSSR count). The molecule has 6 heteroatoms. The van der Waals surface area contributed by atoms with Gasteiger partial charge >= 0.3 is 6.09 Å². The number of carbonyl (C=O) groups is 1. The molecule has 120 valence electrons. The molecule has 4 fully saturated rings. The number of fused-ring (bicyclic) bond motifs is 2. The summed E-state index contributed by atoms with van der Waals surface area (Å²) in [6.07, 6.45) is 2.15. The fourth-order valence-electron chi connectivity index (χ4n) is 4.23. The minimum atomic E-state index is -0.278. The van der Waals surface area contributed by atoms with Crippen LogP contribution in [0.25, 0.3) is 11.1 Å². The second-order valence-electron chi connectivity index (χ2n) is 6.75. The lowest BCUT2D eigenvalue weighted by atomic mass is 9.75. The smallest absolute Gasteiger partial charge is 0.415 e. The normalized spacial score (nSPS) is 32.7. The van der Waals surface area contributed by atoms with Crippen LogP contribution in [-0.2, 0) is 4.74 Å². The van der Waals surface area contributed by atoms with Gasteiger partial charge in [0.25, 0.3) is 0 Å². The number of carbonyl (C=O) groups excluding carboxylic acids is 1. The number of thiophene rings is 2. The summed E-state index contributed by atoms with van der Waals surface area (Å²) in [5.41, 5.74) is 2.14. The minimum Gasteiger partial charge on any atom is -0.439 e. The van der Waals surface area contributed by atoms with Crippen molar-refractivity contribution in [2.45, 2.75) is 18.4 Å². The Morgan fingerprint density at radius 1 is 1.17 bits per heavy atom. The van der Waals surface area contributed by atoms with Gasteiger partial charge in [-0.3, -0.25) is 9.80 Å². The highest BCUT2D eigenvalue weighted by Gasteiger charge is 2.55. The highest BCUT2D eigenvalue weighted by Crippen LogP contribution is 2.44. The number of piperidine rings is 3. The summed E-state index contributed by atoms with van der Waals surface area (Å²) in [5, 5.41) is 7.36. The lowest BCUT2D eigenvalue weighted by molar-refractivity contribution is -0.0881. The van der Waals surface area contributed by atoms with Crippen molar-refractivity contribution in [3.05, 3.63) is 28.3 Å². The zero-order valence-corrected chi connectivity index (χ0v) is 14.4. The third-order valence-corrected chi connectivity index (χ3v) is 7.10. The molecule has 2 bridgehead atoms. The van der Waals surface area contributed by atoms with Crippen LogP contribution < -0.4 is 4.90 Å². The first-order valence-electron chi connectivity index (χ1n) is 8.07. The highest BCUT2D eigenvalue weighted by molar-refractivity contribution is 7.14. The van der Waals surface area contributed by atoms with Gasteiger partial charge < -0.3 is 4.74 Å². The van der Waals surface area contributed by atoms with Crippen LogP contribution in [0.1, 0.15) is 12.8 Å². The Bertz CT molecular complexity index is 734. The van der Waals surface area contributed by atoms with Crippen molar-refractivity contribution < 1.29 is 9.53 Å². The monoisotopic (exact) mass is 346 g/mol. The molecule has 0 aromatic carbocycles. The molecule has 1 spiro atoms. The molecule has 2 aromatic heterocycles. The van der Waals surface area contributed by atoms with Crippen molar-refractivity contribution in [1.82, 2.24) is 4.90 Å². The summed E-state index contributed by atoms with van der Waals surface area (Å²) in [6, 6.07) is 4.24. The van der Waals surface area contributed by atoms with Gasteiger partial charge in [0.15, 0.2) is 0 Å². The molecule has 1 amide bonds. The molecule has 0 N–H and O–H groups in total. The molecular weight excluding hydrogens is 328 g/mol. The highest BCUT2D eigenvalue weighted by atomic mass is 32.1. The van der Waals surface area contributed by atoms with Gasteiger partial charge in [-0.15, -0.1) is 11.3 Å². The SMILES string of the molecule is O=C1O[C@]2(CN3CCC2CC3)CN1c1cc(-c2ccsc2)cs1. The van der Waals surface area contributed by atoms with Crippen LogP contribution in [0.5, 0.6) is 0 Å². The second-order valence-corrected chi connectivity index (χ2v) is 8.42. The average Bonchev–Trinajstić information content (AvgIpc) is 3.28. The van der Waals surface area contributed by atoms with Gasteiger partial charge in [-0.25, -0.2) is 4.79 Å². The molecule has 0 radical (unpaired) electrons. The van der Waals surface area contributed by atoms with E-state index in [-0.39, 0.29) is 11.7 Å². The van der Waals surface area contributed by atoms with Crippen LogP contribution in [0.3, 0.4) is 0 Å². The summed E-state index contributed by atoms with van der Waals surface area (Å²) >= 11 is 3.33. The predicted octanol–water partition coefficient (Wildman–Crippen LogP) is 3.90. The van der Waals surface area contributed by atoms with Gasteiger partial charge in [0.1, 0.15) is 10.6 Å². The van der Waals surface area contributed by atoms with E-state index in [1.54, 1.807) is 22.7 Å². The topological polar surface area (TPSA) is 32.8 Å². The van der Waals surface area contributed by atoms with Crippen molar-refractivity contribution in [3.8, 4) is 11.1 Å². The average molecular weight is 346 g/mol. The van der Waals surface area contributed by atoms with E-state index >= 15 is 0 Å². The Morgan fingerprint density at radius 2 is 2.04 bits per heavy atom. The van der Waals surface area contributed by atoms with E-state index in [4.69, 9.17) is 4.74 Å². The van der Waals surface area contributed by atoms with E-state index in [2.05, 4.69) is 33.2 Å². The van der Waals surface area contributed by atoms with Crippen molar-refractivity contribution in [3.63, 3.8) is 0 Å². The summed E-state index contributed by atoms with van der Waals surface area (Å²) < 4.78 is 5.94. The van der Waals surface area contributed by atoms with Crippen molar-refractivity contribution >= 4 is 33.8 Å². The van der Waals surface area contributed by atoms with Crippen LogP contribution in [0.2, 0.25) is 0 Å². The number of rotatable bonds is 2. The second kappa shape index (κ2) is 5.06. The Labute approximate surface area is 143 Å². The van der Waals surface area contributed by atoms with Crippen LogP contribution in [0, 0.1) is 5.92 Å². The summed E-state index contributed by atoms with van der Waals surface area (Å²) in [7, 11) is 0. The summed E-state index contributed by atoms with van der Waals surface area (Å²) in [5.74, 6) is 0.526. The Morgan fingerprint density at radius 3 is 2.74 bits per heavy atom. The molecule has 4 aliphatic rings. The van der Waals surface area contributed by atoms with E-state index in [9.17, 15) is 4.79 Å². The number of nitrogens with zero attached hydrogens (tertiary/aromatic N) is 2. The maximum atomic E-state index is 12.5. The van der Waals surface area contributed by atoms with Crippen molar-refractivity contribution in [2.75, 3.05) is 31.1 Å². The fourth-order valence-corrected chi connectivity index (χ4v) is 5.81. The van der Waals surface area contributed by atoms with E-state index in [0.29, 0.717) is 12.5 Å². The lowest BCUT2D eigenvalue weighted by Crippen LogP contribution is -2.61. The summed E-state index contributed by atoms with van der Waals surface area (Å²) in [4.78, 5) is 16.8. The molecule has 6 heterocycles. The first-order chi connectivity index (χ1) is 11.2. The standard InChI is InChI=1S/C17H18N2O2S2/c20-16-19(15-7-13(9-23-15)12-3-6-22-8-12)11-17(21-16)10-18-4-1-14(17)2-5-18/h3,6-9,14H,1-2,4-5,10-11H2/t17-/m1/s1. The Balaban J connectivity index is 1.43. The van der Waals surface area contributed by atoms with Gasteiger partial charge in [0, 0.05) is 17.8 Å². The molecule has 2 aromatic rings. The van der Waals surface area contributed by atoms with Crippen LogP contribution in [0.15, 0.2) is 28.3 Å². The van der Waals surface area contributed by atoms with E-state index in [1.165, 1.54) is 11.1 Å². The van der Waals surface area contributed by atoms with Gasteiger partial charge in [-0.2, -0.15) is 11.3 Å². The molecule has 4 aliphatic heterocycles. The Kier molecular flexibility index (Phi) is 3.08. The first-order valence-corrected chi connectivity index (χ1v) is 9.90. The van der Waals surface area contributed by atoms with E-state index < -0.39 is 0 Å². The predicted molar refractivity (Wildman–Crippen MR) is 93.4 cm³/mol. The number of hydrogen-bond donors (Lipinski definition) is 0. The number of anilines is 1. The maximum absolute atomic E-state index is 12.5. The van der Waals surface area contributed by atoms with Gasteiger partial charge in [-0.1, -0.05) is 0 Å². The zero-order chi connectivity index (χ0) is 15.4. The molecule has 0 saturated carbocycles. The number of ether oxygens (including phenoxy) is 1. The van der Waals surface area contributed by atoms with Gasteiger partial charge in [0.05, 0.1) is 6.54 Å². The molecule has 23 heavy (non-hydrogen) atoms. The molecule has 4 saturated heterocycles. The quantitative estimate of drug-likeness (QED) is 0.827. The maximum Gasteiger partial charge on any atom is 0.415 e. The molecule has 4 nitrogen and oxygen atoms in total. The largest absolute Gasteiger partial charge is 0.439 e. The van der Waals surface area contributed by atoms with E-state index in [1.807, 2.05) is 4.90 Å². The molecular formula is C17H18N2O2S2. The fraction of sp³-hybridized carbons (Fsp3) is 0.471. The minimum absolute atomic E-state index is 0.169. The third-order valence-electron chi connectivity index (χ3n) is 5.47. The van der Waals surface area contributed by atoms with Crippen molar-refractivity contribution in [2.24, 2.45) is 5.92 Å². The van der Waals surface area contributed by atoms with Crippen LogP contribution in [0.4, 0.5) is 9.80 Å². The number of hydrogen-bond acceptors (Lipinski definition) is 5. The Hall–Kier alpha value is -1.37. The van der Waals surface area contributed by atoms with E-state index in [0.717, 1.165) is 37.5 Å². The third kappa shape index (κ3) is 2.16. The molecule has 1 atom stereocenters. The van der Waals surface area contributed by atoms with Crippen molar-refractivity contribution in [1.29, 1.82) is 0 Å². The first kappa shape index (κ1) is 14.0. The lowest BCUT2D eigenvalue weighted by Gasteiger charge is -2.49.